The zero-order valence-corrected chi connectivity index (χ0v) is 14.1. The van der Waals surface area contributed by atoms with Gasteiger partial charge in [-0.3, -0.25) is 4.79 Å². The van der Waals surface area contributed by atoms with Crippen molar-refractivity contribution >= 4 is 29.0 Å². The van der Waals surface area contributed by atoms with E-state index in [4.69, 9.17) is 0 Å². The van der Waals surface area contributed by atoms with E-state index in [1.165, 1.54) is 36.2 Å². The van der Waals surface area contributed by atoms with Gasteiger partial charge in [-0.2, -0.15) is 13.2 Å². The van der Waals surface area contributed by atoms with E-state index in [0.29, 0.717) is 10.7 Å². The molecule has 1 amide bonds. The second-order valence-corrected chi connectivity index (χ2v) is 5.93. The summed E-state index contributed by atoms with van der Waals surface area (Å²) in [6.07, 6.45) is -1.31. The first kappa shape index (κ1) is 18.1. The lowest BCUT2D eigenvalue weighted by atomic mass is 10.1. The van der Waals surface area contributed by atoms with Crippen LogP contribution in [0.15, 0.2) is 41.6 Å². The third-order valence-electron chi connectivity index (χ3n) is 3.28. The quantitative estimate of drug-likeness (QED) is 0.838. The third kappa shape index (κ3) is 4.00. The van der Waals surface area contributed by atoms with Crippen LogP contribution in [0, 0.1) is 0 Å². The SMILES string of the molecule is CSc1ncccc1C(=O)Nc1ccc(N(C)C)cc1C(F)(F)F. The lowest BCUT2D eigenvalue weighted by Crippen LogP contribution is -2.18. The van der Waals surface area contributed by atoms with E-state index >= 15 is 0 Å². The van der Waals surface area contributed by atoms with Crippen LogP contribution < -0.4 is 10.2 Å². The normalized spacial score (nSPS) is 11.2. The largest absolute Gasteiger partial charge is 0.418 e. The molecule has 0 fully saturated rings. The number of carbonyl (C=O) groups is 1. The fraction of sp³-hybridized carbons (Fsp3) is 0.250. The predicted molar refractivity (Wildman–Crippen MR) is 89.7 cm³/mol. The highest BCUT2D eigenvalue weighted by molar-refractivity contribution is 7.98. The molecule has 0 unspecified atom stereocenters. The second kappa shape index (κ2) is 7.12. The number of nitrogens with one attached hydrogen (secondary N) is 1. The number of carbonyl (C=O) groups excluding carboxylic acids is 1. The number of benzene rings is 1. The number of rotatable bonds is 4. The lowest BCUT2D eigenvalue weighted by Gasteiger charge is -2.19. The number of halogens is 3. The molecule has 4 nitrogen and oxygen atoms in total. The summed E-state index contributed by atoms with van der Waals surface area (Å²) < 4.78 is 39.9. The first-order valence-electron chi connectivity index (χ1n) is 6.93. The Morgan fingerprint density at radius 1 is 1.25 bits per heavy atom. The molecule has 24 heavy (non-hydrogen) atoms. The van der Waals surface area contributed by atoms with Crippen LogP contribution in [-0.2, 0) is 6.18 Å². The fourth-order valence-corrected chi connectivity index (χ4v) is 2.62. The molecule has 1 N–H and O–H groups in total. The predicted octanol–water partition coefficient (Wildman–Crippen LogP) is 4.14. The number of nitrogens with zero attached hydrogens (tertiary/aromatic N) is 2. The van der Waals surface area contributed by atoms with E-state index in [-0.39, 0.29) is 11.3 Å². The molecule has 0 atom stereocenters. The van der Waals surface area contributed by atoms with Gasteiger partial charge in [0.1, 0.15) is 5.03 Å². The minimum Gasteiger partial charge on any atom is -0.378 e. The van der Waals surface area contributed by atoms with E-state index in [9.17, 15) is 18.0 Å². The number of alkyl halides is 3. The molecule has 0 saturated heterocycles. The van der Waals surface area contributed by atoms with Gasteiger partial charge in [0.2, 0.25) is 0 Å². The first-order valence-corrected chi connectivity index (χ1v) is 8.15. The van der Waals surface area contributed by atoms with Crippen molar-refractivity contribution < 1.29 is 18.0 Å². The fourth-order valence-electron chi connectivity index (χ4n) is 2.07. The topological polar surface area (TPSA) is 45.2 Å². The Morgan fingerprint density at radius 3 is 2.54 bits per heavy atom. The maximum absolute atomic E-state index is 13.3. The molecule has 1 aromatic heterocycles. The molecule has 1 heterocycles. The Hall–Kier alpha value is -2.22. The van der Waals surface area contributed by atoms with Crippen molar-refractivity contribution in [2.24, 2.45) is 0 Å². The molecular formula is C16H16F3N3OS. The van der Waals surface area contributed by atoms with Gasteiger partial charge in [0.25, 0.3) is 5.91 Å². The third-order valence-corrected chi connectivity index (χ3v) is 3.99. The number of aromatic nitrogens is 1. The van der Waals surface area contributed by atoms with E-state index in [0.717, 1.165) is 6.07 Å². The van der Waals surface area contributed by atoms with Crippen LogP contribution in [-0.4, -0.2) is 31.2 Å². The van der Waals surface area contributed by atoms with Gasteiger partial charge < -0.3 is 10.2 Å². The summed E-state index contributed by atoms with van der Waals surface area (Å²) in [5.74, 6) is -0.629. The molecule has 0 bridgehead atoms. The molecule has 2 rings (SSSR count). The maximum Gasteiger partial charge on any atom is 0.418 e. The molecule has 0 aliphatic carbocycles. The monoisotopic (exact) mass is 355 g/mol. The molecule has 1 aromatic carbocycles. The van der Waals surface area contributed by atoms with Gasteiger partial charge in [-0.25, -0.2) is 4.98 Å². The van der Waals surface area contributed by atoms with Crippen molar-refractivity contribution in [3.8, 4) is 0 Å². The Labute approximate surface area is 142 Å². The van der Waals surface area contributed by atoms with Crippen molar-refractivity contribution in [2.75, 3.05) is 30.6 Å². The van der Waals surface area contributed by atoms with Crippen LogP contribution in [0.1, 0.15) is 15.9 Å². The Morgan fingerprint density at radius 2 is 1.96 bits per heavy atom. The number of pyridine rings is 1. The van der Waals surface area contributed by atoms with Crippen molar-refractivity contribution in [2.45, 2.75) is 11.2 Å². The highest BCUT2D eigenvalue weighted by atomic mass is 32.2. The van der Waals surface area contributed by atoms with Crippen LogP contribution in [0.25, 0.3) is 0 Å². The second-order valence-electron chi connectivity index (χ2n) is 5.14. The van der Waals surface area contributed by atoms with Gasteiger partial charge in [-0.05, 0) is 36.6 Å². The van der Waals surface area contributed by atoms with Gasteiger partial charge in [-0.1, -0.05) is 0 Å². The molecule has 0 spiro atoms. The summed E-state index contributed by atoms with van der Waals surface area (Å²) in [5.41, 5.74) is -0.549. The van der Waals surface area contributed by atoms with Gasteiger partial charge in [0, 0.05) is 26.0 Å². The van der Waals surface area contributed by atoms with E-state index in [1.54, 1.807) is 31.3 Å². The number of hydrogen-bond acceptors (Lipinski definition) is 4. The highest BCUT2D eigenvalue weighted by Gasteiger charge is 2.34. The molecule has 8 heteroatoms. The summed E-state index contributed by atoms with van der Waals surface area (Å²) in [6, 6.07) is 6.87. The molecule has 0 aliphatic heterocycles. The van der Waals surface area contributed by atoms with Crippen molar-refractivity contribution in [1.29, 1.82) is 0 Å². The summed E-state index contributed by atoms with van der Waals surface area (Å²) in [7, 11) is 3.29. The van der Waals surface area contributed by atoms with Crippen molar-refractivity contribution in [3.05, 3.63) is 47.7 Å². The van der Waals surface area contributed by atoms with Gasteiger partial charge >= 0.3 is 6.18 Å². The van der Waals surface area contributed by atoms with Crippen molar-refractivity contribution in [1.82, 2.24) is 4.98 Å². The molecule has 0 aliphatic rings. The van der Waals surface area contributed by atoms with Crippen molar-refractivity contribution in [3.63, 3.8) is 0 Å². The average Bonchev–Trinajstić information content (AvgIpc) is 2.53. The van der Waals surface area contributed by atoms with E-state index in [1.807, 2.05) is 0 Å². The van der Waals surface area contributed by atoms with Crippen LogP contribution >= 0.6 is 11.8 Å². The number of hydrogen-bond donors (Lipinski definition) is 1. The van der Waals surface area contributed by atoms with Gasteiger partial charge in [0.15, 0.2) is 0 Å². The maximum atomic E-state index is 13.3. The number of anilines is 2. The van der Waals surface area contributed by atoms with Crippen LogP contribution in [0.5, 0.6) is 0 Å². The standard InChI is InChI=1S/C16H16F3N3OS/c1-22(2)10-6-7-13(12(9-10)16(17,18)19)21-14(23)11-5-4-8-20-15(11)24-3/h4-9H,1-3H3,(H,21,23). The Kier molecular flexibility index (Phi) is 5.38. The molecule has 2 aromatic rings. The average molecular weight is 355 g/mol. The van der Waals surface area contributed by atoms with Gasteiger partial charge in [-0.15, -0.1) is 11.8 Å². The van der Waals surface area contributed by atoms with Crippen LogP contribution in [0.2, 0.25) is 0 Å². The Balaban J connectivity index is 2.40. The minimum absolute atomic E-state index is 0.231. The van der Waals surface area contributed by atoms with E-state index < -0.39 is 17.6 Å². The van der Waals surface area contributed by atoms with E-state index in [2.05, 4.69) is 10.3 Å². The molecule has 0 radical (unpaired) electrons. The highest BCUT2D eigenvalue weighted by Crippen LogP contribution is 2.37. The zero-order chi connectivity index (χ0) is 17.9. The number of amides is 1. The molecule has 128 valence electrons. The zero-order valence-electron chi connectivity index (χ0n) is 13.3. The van der Waals surface area contributed by atoms with Crippen LogP contribution in [0.3, 0.4) is 0 Å². The number of thioether (sulfide) groups is 1. The lowest BCUT2D eigenvalue weighted by molar-refractivity contribution is -0.136. The van der Waals surface area contributed by atoms with Crippen LogP contribution in [0.4, 0.5) is 24.5 Å². The Bertz CT molecular complexity index is 748. The van der Waals surface area contributed by atoms with Gasteiger partial charge in [0.05, 0.1) is 16.8 Å². The molecule has 0 saturated carbocycles. The molecular weight excluding hydrogens is 339 g/mol. The summed E-state index contributed by atoms with van der Waals surface area (Å²) in [5, 5.41) is 2.80. The summed E-state index contributed by atoms with van der Waals surface area (Å²) in [4.78, 5) is 18.0. The smallest absolute Gasteiger partial charge is 0.378 e. The first-order chi connectivity index (χ1) is 11.2. The minimum atomic E-state index is -4.58. The summed E-state index contributed by atoms with van der Waals surface area (Å²) >= 11 is 1.25. The summed E-state index contributed by atoms with van der Waals surface area (Å²) in [6.45, 7) is 0.